The highest BCUT2D eigenvalue weighted by Gasteiger charge is 2.18. The fraction of sp³-hybridized carbons (Fsp3) is 0.143. The molecule has 0 aliphatic carbocycles. The number of alkyl halides is 1. The monoisotopic (exact) mass is 311 g/mol. The van der Waals surface area contributed by atoms with Crippen molar-refractivity contribution < 1.29 is 9.31 Å². The number of nitro groups is 1. The van der Waals surface area contributed by atoms with Crippen molar-refractivity contribution in [2.75, 3.05) is 0 Å². The Morgan fingerprint density at radius 2 is 2.15 bits per heavy atom. The molecule has 1 aromatic rings. The zero-order valence-corrected chi connectivity index (χ0v) is 9.43. The molecule has 6 heteroatoms. The van der Waals surface area contributed by atoms with Gasteiger partial charge in [0.15, 0.2) is 0 Å². The van der Waals surface area contributed by atoms with Gasteiger partial charge in [0.25, 0.3) is 5.69 Å². The molecule has 0 bridgehead atoms. The Morgan fingerprint density at radius 3 is 2.62 bits per heavy atom. The van der Waals surface area contributed by atoms with E-state index < -0.39 is 10.7 Å². The van der Waals surface area contributed by atoms with Gasteiger partial charge in [-0.15, -0.1) is 0 Å². The lowest BCUT2D eigenvalue weighted by atomic mass is 10.2. The number of rotatable bonds is 2. The highest BCUT2D eigenvalue weighted by molar-refractivity contribution is 9.10. The second kappa shape index (κ2) is 4.15. The topological polar surface area (TPSA) is 43.1 Å². The minimum Gasteiger partial charge on any atom is -0.258 e. The van der Waals surface area contributed by atoms with Gasteiger partial charge in [-0.1, -0.05) is 15.9 Å². The van der Waals surface area contributed by atoms with Gasteiger partial charge < -0.3 is 0 Å². The van der Waals surface area contributed by atoms with Crippen LogP contribution in [0.25, 0.3) is 0 Å². The van der Waals surface area contributed by atoms with Gasteiger partial charge in [-0.25, -0.2) is 4.39 Å². The number of nitro benzene ring substituents is 1. The first-order valence-corrected chi connectivity index (χ1v) is 5.16. The van der Waals surface area contributed by atoms with Gasteiger partial charge in [0.05, 0.1) is 15.0 Å². The van der Waals surface area contributed by atoms with Crippen molar-refractivity contribution in [3.05, 3.63) is 38.1 Å². The molecule has 0 fully saturated rings. The summed E-state index contributed by atoms with van der Waals surface area (Å²) in [5, 5.41) is 10.6. The lowest BCUT2D eigenvalue weighted by Crippen LogP contribution is -1.97. The predicted octanol–water partition coefficient (Wildman–Crippen LogP) is 3.39. The summed E-state index contributed by atoms with van der Waals surface area (Å²) in [6.07, 6.45) is 0. The summed E-state index contributed by atoms with van der Waals surface area (Å²) in [5.74, 6) is -0.592. The molecule has 0 amide bonds. The normalized spacial score (nSPS) is 10.1. The van der Waals surface area contributed by atoms with Crippen LogP contribution in [0, 0.1) is 15.9 Å². The van der Waals surface area contributed by atoms with Gasteiger partial charge in [-0.05, 0) is 22.0 Å². The number of nitrogens with zero attached hydrogens (tertiary/aromatic N) is 1. The van der Waals surface area contributed by atoms with E-state index in [0.717, 1.165) is 0 Å². The van der Waals surface area contributed by atoms with Crippen LogP contribution in [0.3, 0.4) is 0 Å². The van der Waals surface area contributed by atoms with E-state index in [1.54, 1.807) is 0 Å². The van der Waals surface area contributed by atoms with Crippen LogP contribution < -0.4 is 0 Å². The molecule has 0 atom stereocenters. The minimum absolute atomic E-state index is 0.0550. The molecule has 13 heavy (non-hydrogen) atoms. The van der Waals surface area contributed by atoms with E-state index in [9.17, 15) is 14.5 Å². The van der Waals surface area contributed by atoms with Crippen molar-refractivity contribution in [3.63, 3.8) is 0 Å². The summed E-state index contributed by atoms with van der Waals surface area (Å²) in [6, 6.07) is 2.59. The summed E-state index contributed by atoms with van der Waals surface area (Å²) < 4.78 is 13.5. The smallest absolute Gasteiger partial charge is 0.258 e. The molecule has 0 saturated heterocycles. The van der Waals surface area contributed by atoms with Gasteiger partial charge in [0, 0.05) is 11.4 Å². The lowest BCUT2D eigenvalue weighted by Gasteiger charge is -2.01. The zero-order chi connectivity index (χ0) is 10.0. The number of hydrogen-bond donors (Lipinski definition) is 0. The first kappa shape index (κ1) is 10.6. The quantitative estimate of drug-likeness (QED) is 0.477. The third-order valence-electron chi connectivity index (χ3n) is 1.50. The van der Waals surface area contributed by atoms with Crippen molar-refractivity contribution in [1.82, 2.24) is 0 Å². The Labute approximate surface area is 90.3 Å². The molecule has 0 unspecified atom stereocenters. The molecule has 0 aliphatic rings. The van der Waals surface area contributed by atoms with Gasteiger partial charge >= 0.3 is 0 Å². The number of halogens is 3. The summed E-state index contributed by atoms with van der Waals surface area (Å²) in [6.45, 7) is 0. The molecule has 0 radical (unpaired) electrons. The summed E-state index contributed by atoms with van der Waals surface area (Å²) in [7, 11) is 0. The molecule has 0 aromatic heterocycles. The standard InChI is InChI=1S/C7H4Br2FNO2/c8-3-4-6(11(12)13)2-1-5(9)7(4)10/h1-2H,3H2. The average Bonchev–Trinajstić information content (AvgIpc) is 2.09. The fourth-order valence-electron chi connectivity index (χ4n) is 0.881. The molecule has 0 aliphatic heterocycles. The van der Waals surface area contributed by atoms with Crippen LogP contribution in [0.2, 0.25) is 0 Å². The van der Waals surface area contributed by atoms with Crippen molar-refractivity contribution >= 4 is 37.5 Å². The van der Waals surface area contributed by atoms with Crippen molar-refractivity contribution in [3.8, 4) is 0 Å². The number of benzene rings is 1. The summed E-state index contributed by atoms with van der Waals surface area (Å²) in [5.41, 5.74) is -0.156. The van der Waals surface area contributed by atoms with Crippen LogP contribution in [0.1, 0.15) is 5.56 Å². The Morgan fingerprint density at radius 1 is 1.54 bits per heavy atom. The molecule has 1 rings (SSSR count). The minimum atomic E-state index is -0.605. The molecule has 0 N–H and O–H groups in total. The van der Waals surface area contributed by atoms with Crippen molar-refractivity contribution in [2.24, 2.45) is 0 Å². The molecular formula is C7H4Br2FNO2. The molecule has 0 heterocycles. The maximum absolute atomic E-state index is 13.2. The van der Waals surface area contributed by atoms with Crippen LogP contribution in [0.15, 0.2) is 16.6 Å². The average molecular weight is 313 g/mol. The molecule has 0 spiro atoms. The molecule has 70 valence electrons. The number of hydrogen-bond acceptors (Lipinski definition) is 2. The fourth-order valence-corrected chi connectivity index (χ4v) is 1.79. The second-order valence-corrected chi connectivity index (χ2v) is 3.66. The Hall–Kier alpha value is -0.490. The second-order valence-electron chi connectivity index (χ2n) is 2.25. The van der Waals surface area contributed by atoms with Crippen LogP contribution in [0.5, 0.6) is 0 Å². The SMILES string of the molecule is O=[N+]([O-])c1ccc(Br)c(F)c1CBr. The van der Waals surface area contributed by atoms with Gasteiger partial charge in [0.2, 0.25) is 0 Å². The van der Waals surface area contributed by atoms with E-state index in [0.29, 0.717) is 0 Å². The summed E-state index contributed by atoms with van der Waals surface area (Å²) >= 11 is 5.95. The lowest BCUT2D eigenvalue weighted by molar-refractivity contribution is -0.385. The highest BCUT2D eigenvalue weighted by Crippen LogP contribution is 2.28. The van der Waals surface area contributed by atoms with E-state index in [4.69, 9.17) is 0 Å². The third kappa shape index (κ3) is 2.05. The third-order valence-corrected chi connectivity index (χ3v) is 2.67. The van der Waals surface area contributed by atoms with Crippen LogP contribution >= 0.6 is 31.9 Å². The maximum atomic E-state index is 13.2. The molecule has 3 nitrogen and oxygen atoms in total. The van der Waals surface area contributed by atoms with E-state index >= 15 is 0 Å². The molecule has 0 saturated carbocycles. The van der Waals surface area contributed by atoms with E-state index in [1.807, 2.05) is 0 Å². The van der Waals surface area contributed by atoms with Crippen LogP contribution in [-0.2, 0) is 5.33 Å². The molecule has 1 aromatic carbocycles. The van der Waals surface area contributed by atoms with Crippen molar-refractivity contribution in [1.29, 1.82) is 0 Å². The Kier molecular flexibility index (Phi) is 3.38. The first-order valence-electron chi connectivity index (χ1n) is 3.25. The predicted molar refractivity (Wildman–Crippen MR) is 53.4 cm³/mol. The maximum Gasteiger partial charge on any atom is 0.276 e. The summed E-state index contributed by atoms with van der Waals surface area (Å²) in [4.78, 5) is 9.84. The largest absolute Gasteiger partial charge is 0.276 e. The highest BCUT2D eigenvalue weighted by atomic mass is 79.9. The Balaban J connectivity index is 3.38. The van der Waals surface area contributed by atoms with Crippen LogP contribution in [0.4, 0.5) is 10.1 Å². The van der Waals surface area contributed by atoms with E-state index in [1.165, 1.54) is 12.1 Å². The van der Waals surface area contributed by atoms with Crippen LogP contribution in [-0.4, -0.2) is 4.92 Å². The molecular weight excluding hydrogens is 309 g/mol. The van der Waals surface area contributed by atoms with Crippen molar-refractivity contribution in [2.45, 2.75) is 5.33 Å². The van der Waals surface area contributed by atoms with Gasteiger partial charge in [-0.2, -0.15) is 0 Å². The van der Waals surface area contributed by atoms with Gasteiger partial charge in [-0.3, -0.25) is 10.1 Å². The first-order chi connectivity index (χ1) is 6.07. The zero-order valence-electron chi connectivity index (χ0n) is 6.26. The van der Waals surface area contributed by atoms with E-state index in [-0.39, 0.29) is 21.1 Å². The Bertz CT molecular complexity index is 357. The van der Waals surface area contributed by atoms with E-state index in [2.05, 4.69) is 31.9 Å². The van der Waals surface area contributed by atoms with Gasteiger partial charge in [0.1, 0.15) is 5.82 Å².